The lowest BCUT2D eigenvalue weighted by Crippen LogP contribution is -2.17. The molecule has 3 nitrogen and oxygen atoms in total. The fraction of sp³-hybridized carbons (Fsp3) is 0.333. The van der Waals surface area contributed by atoms with E-state index in [-0.39, 0.29) is 5.71 Å². The highest BCUT2D eigenvalue weighted by Gasteiger charge is 2.21. The highest BCUT2D eigenvalue weighted by Crippen LogP contribution is 2.44. The van der Waals surface area contributed by atoms with Gasteiger partial charge in [0.15, 0.2) is 5.71 Å². The second kappa shape index (κ2) is 5.95. The molecule has 1 aromatic carbocycles. The largest absolute Gasteiger partial charge is 0.410 e. The zero-order valence-electron chi connectivity index (χ0n) is 9.92. The second-order valence-corrected chi connectivity index (χ2v) is 9.22. The van der Waals surface area contributed by atoms with Crippen molar-refractivity contribution in [2.75, 3.05) is 12.3 Å². The van der Waals surface area contributed by atoms with E-state index < -0.39 is 6.04 Å². The molecule has 0 aromatic heterocycles. The van der Waals surface area contributed by atoms with E-state index in [1.165, 1.54) is 0 Å². The molecule has 0 spiro atoms. The van der Waals surface area contributed by atoms with Crippen molar-refractivity contribution < 1.29 is 5.21 Å². The van der Waals surface area contributed by atoms with E-state index in [1.54, 1.807) is 6.07 Å². The molecule has 0 saturated carbocycles. The van der Waals surface area contributed by atoms with Crippen molar-refractivity contribution in [2.24, 2.45) is 5.16 Å². The van der Waals surface area contributed by atoms with Crippen LogP contribution >= 0.6 is 6.04 Å². The van der Waals surface area contributed by atoms with Gasteiger partial charge >= 0.3 is 0 Å². The van der Waals surface area contributed by atoms with E-state index in [1.807, 2.05) is 24.3 Å². The third-order valence-electron chi connectivity index (χ3n) is 2.83. The molecule has 1 aromatic rings. The molecule has 0 heterocycles. The topological polar surface area (TPSA) is 56.4 Å². The van der Waals surface area contributed by atoms with E-state index >= 15 is 0 Å². The molecule has 0 amide bonds. The summed E-state index contributed by atoms with van der Waals surface area (Å²) in [6.45, 7) is 4.15. The van der Waals surface area contributed by atoms with Crippen molar-refractivity contribution in [2.45, 2.75) is 13.8 Å². The normalized spacial score (nSPS) is 12.2. The molecule has 0 unspecified atom stereocenters. The Hall–Kier alpha value is -1.17. The lowest BCUT2D eigenvalue weighted by molar-refractivity contribution is 0.320. The van der Waals surface area contributed by atoms with Gasteiger partial charge in [-0.05, 0) is 23.7 Å². The van der Waals surface area contributed by atoms with Crippen LogP contribution in [0.2, 0.25) is 0 Å². The Morgan fingerprint density at radius 3 is 2.47 bits per heavy atom. The van der Waals surface area contributed by atoms with E-state index in [4.69, 9.17) is 22.3 Å². The van der Waals surface area contributed by atoms with Gasteiger partial charge < -0.3 is 5.21 Å². The molecule has 0 atom stereocenters. The van der Waals surface area contributed by atoms with Crippen LogP contribution in [-0.4, -0.2) is 23.2 Å². The van der Waals surface area contributed by atoms with Gasteiger partial charge in [-0.2, -0.15) is 5.26 Å². The molecule has 0 radical (unpaired) electrons. The molecule has 5 heteroatoms. The molecular weight excluding hydrogens is 251 g/mol. The van der Waals surface area contributed by atoms with Gasteiger partial charge in [0.25, 0.3) is 0 Å². The maximum absolute atomic E-state index is 8.95. The van der Waals surface area contributed by atoms with Crippen molar-refractivity contribution in [1.82, 2.24) is 0 Å². The summed E-state index contributed by atoms with van der Waals surface area (Å²) in [6, 6.07) is 7.72. The van der Waals surface area contributed by atoms with Crippen molar-refractivity contribution in [3.05, 3.63) is 29.8 Å². The van der Waals surface area contributed by atoms with Crippen LogP contribution in [0.3, 0.4) is 0 Å². The molecule has 1 rings (SSSR count). The summed E-state index contributed by atoms with van der Waals surface area (Å²) in [4.78, 5) is 0. The molecule has 0 aliphatic carbocycles. The van der Waals surface area contributed by atoms with Crippen LogP contribution in [0.25, 0.3) is 0 Å². The van der Waals surface area contributed by atoms with Gasteiger partial charge in [0.1, 0.15) is 6.07 Å². The highest BCUT2D eigenvalue weighted by molar-refractivity contribution is 8.18. The van der Waals surface area contributed by atoms with Gasteiger partial charge in [-0.1, -0.05) is 55.1 Å². The Morgan fingerprint density at radius 1 is 1.41 bits per heavy atom. The Balaban J connectivity index is 3.47. The standard InChI is InChI=1S/C12H15N2OPS/c1-3-16(17,4-2)12-8-6-5-7-10(12)11(9-13)14-15/h5-8,15H,3-4H2,1-2H3. The summed E-state index contributed by atoms with van der Waals surface area (Å²) in [5.74, 6) is 0. The zero-order chi connectivity index (χ0) is 12.9. The van der Waals surface area contributed by atoms with Gasteiger partial charge in [-0.15, -0.1) is 0 Å². The first kappa shape index (κ1) is 13.9. The van der Waals surface area contributed by atoms with Crippen LogP contribution in [0.4, 0.5) is 0 Å². The van der Waals surface area contributed by atoms with Crippen LogP contribution in [-0.2, 0) is 11.8 Å². The number of benzene rings is 1. The predicted octanol–water partition coefficient (Wildman–Crippen LogP) is 2.53. The molecule has 1 N–H and O–H groups in total. The summed E-state index contributed by atoms with van der Waals surface area (Å²) in [7, 11) is 0. The molecule has 17 heavy (non-hydrogen) atoms. The fourth-order valence-corrected chi connectivity index (χ4v) is 4.31. The molecule has 0 fully saturated rings. The summed E-state index contributed by atoms with van der Waals surface area (Å²) in [6.07, 6.45) is 1.81. The average molecular weight is 266 g/mol. The van der Waals surface area contributed by atoms with Gasteiger partial charge in [-0.3, -0.25) is 0 Å². The monoisotopic (exact) mass is 266 g/mol. The minimum absolute atomic E-state index is 0.0386. The van der Waals surface area contributed by atoms with Crippen LogP contribution in [0, 0.1) is 11.3 Å². The van der Waals surface area contributed by atoms with Gasteiger partial charge in [0, 0.05) is 5.56 Å². The van der Waals surface area contributed by atoms with Crippen molar-refractivity contribution in [3.8, 4) is 6.07 Å². The number of hydrogen-bond donors (Lipinski definition) is 1. The van der Waals surface area contributed by atoms with Gasteiger partial charge in [0.2, 0.25) is 0 Å². The Bertz CT molecular complexity index is 511. The van der Waals surface area contributed by atoms with E-state index in [2.05, 4.69) is 19.0 Å². The lowest BCUT2D eigenvalue weighted by Gasteiger charge is -2.21. The third kappa shape index (κ3) is 2.74. The lowest BCUT2D eigenvalue weighted by atomic mass is 10.1. The third-order valence-corrected chi connectivity index (χ3v) is 8.28. The maximum atomic E-state index is 8.95. The van der Waals surface area contributed by atoms with Crippen molar-refractivity contribution in [3.63, 3.8) is 0 Å². The van der Waals surface area contributed by atoms with Gasteiger partial charge in [0.05, 0.1) is 0 Å². The zero-order valence-corrected chi connectivity index (χ0v) is 11.6. The first-order valence-corrected chi connectivity index (χ1v) is 8.60. The van der Waals surface area contributed by atoms with E-state index in [0.717, 1.165) is 17.6 Å². The molecule has 0 saturated heterocycles. The van der Waals surface area contributed by atoms with Crippen LogP contribution < -0.4 is 5.30 Å². The first-order chi connectivity index (χ1) is 8.12. The van der Waals surface area contributed by atoms with Crippen molar-refractivity contribution >= 4 is 28.9 Å². The van der Waals surface area contributed by atoms with Gasteiger partial charge in [-0.25, -0.2) is 0 Å². The number of hydrogen-bond acceptors (Lipinski definition) is 4. The second-order valence-electron chi connectivity index (χ2n) is 3.60. The summed E-state index contributed by atoms with van der Waals surface area (Å²) in [5, 5.41) is 21.9. The smallest absolute Gasteiger partial charge is 0.187 e. The maximum Gasteiger partial charge on any atom is 0.187 e. The van der Waals surface area contributed by atoms with Crippen LogP contribution in [0.5, 0.6) is 0 Å². The number of oxime groups is 1. The fourth-order valence-electron chi connectivity index (χ4n) is 1.73. The SMILES string of the molecule is CCP(=S)(CC)c1ccccc1C(C#N)=NO. The quantitative estimate of drug-likeness (QED) is 0.394. The number of nitrogens with zero attached hydrogens (tertiary/aromatic N) is 2. The van der Waals surface area contributed by atoms with E-state index in [0.29, 0.717) is 5.56 Å². The molecule has 0 bridgehead atoms. The Kier molecular flexibility index (Phi) is 4.86. The molecular formula is C12H15N2OPS. The van der Waals surface area contributed by atoms with E-state index in [9.17, 15) is 0 Å². The number of nitriles is 1. The minimum atomic E-state index is -1.66. The predicted molar refractivity (Wildman–Crippen MR) is 75.4 cm³/mol. The first-order valence-electron chi connectivity index (χ1n) is 5.43. The summed E-state index contributed by atoms with van der Waals surface area (Å²) < 4.78 is 0. The summed E-state index contributed by atoms with van der Waals surface area (Å²) >= 11 is 5.74. The minimum Gasteiger partial charge on any atom is -0.410 e. The molecule has 0 aliphatic rings. The van der Waals surface area contributed by atoms with Crippen LogP contribution in [0.1, 0.15) is 19.4 Å². The highest BCUT2D eigenvalue weighted by atomic mass is 32.4. The Labute approximate surface area is 107 Å². The Morgan fingerprint density at radius 2 is 2.00 bits per heavy atom. The van der Waals surface area contributed by atoms with Crippen molar-refractivity contribution in [1.29, 1.82) is 5.26 Å². The summed E-state index contributed by atoms with van der Waals surface area (Å²) in [5.41, 5.74) is 0.709. The average Bonchev–Trinajstić information content (AvgIpc) is 2.40. The number of rotatable bonds is 4. The molecule has 0 aliphatic heterocycles. The van der Waals surface area contributed by atoms with Crippen LogP contribution in [0.15, 0.2) is 29.4 Å². The molecule has 90 valence electrons.